The molecule has 15 heavy (non-hydrogen) atoms. The summed E-state index contributed by atoms with van der Waals surface area (Å²) in [5.74, 6) is 1.18. The maximum Gasteiger partial charge on any atom is 0.138 e. The van der Waals surface area contributed by atoms with Gasteiger partial charge in [-0.05, 0) is 32.1 Å². The highest BCUT2D eigenvalue weighted by Crippen LogP contribution is 2.34. The van der Waals surface area contributed by atoms with Gasteiger partial charge in [-0.1, -0.05) is 0 Å². The second-order valence-corrected chi connectivity index (χ2v) is 4.65. The van der Waals surface area contributed by atoms with Crippen LogP contribution in [0.5, 0.6) is 0 Å². The highest BCUT2D eigenvalue weighted by Gasteiger charge is 2.33. The molecule has 2 rings (SSSR count). The van der Waals surface area contributed by atoms with Gasteiger partial charge in [0.2, 0.25) is 0 Å². The predicted octanol–water partition coefficient (Wildman–Crippen LogP) is 1.80. The quantitative estimate of drug-likeness (QED) is 0.697. The van der Waals surface area contributed by atoms with Crippen LogP contribution in [0.3, 0.4) is 0 Å². The predicted molar refractivity (Wildman–Crippen MR) is 56.7 cm³/mol. The maximum atomic E-state index is 11.8. The Kier molecular flexibility index (Phi) is 3.76. The Hall–Kier alpha value is -0.410. The Bertz CT molecular complexity index is 215. The van der Waals surface area contributed by atoms with Gasteiger partial charge in [0, 0.05) is 25.6 Å². The van der Waals surface area contributed by atoms with Gasteiger partial charge in [0.05, 0.1) is 12.7 Å². The second kappa shape index (κ2) is 5.08. The maximum absolute atomic E-state index is 11.8. The van der Waals surface area contributed by atoms with Crippen molar-refractivity contribution in [2.75, 3.05) is 19.8 Å². The van der Waals surface area contributed by atoms with Crippen LogP contribution in [0.4, 0.5) is 0 Å². The van der Waals surface area contributed by atoms with Crippen molar-refractivity contribution in [3.63, 3.8) is 0 Å². The SMILES string of the molecule is CCOC1CC(CC(=O)C2CCOC2)C1. The van der Waals surface area contributed by atoms with Gasteiger partial charge < -0.3 is 9.47 Å². The summed E-state index contributed by atoms with van der Waals surface area (Å²) < 4.78 is 10.7. The lowest BCUT2D eigenvalue weighted by Crippen LogP contribution is -2.34. The topological polar surface area (TPSA) is 35.5 Å². The lowest BCUT2D eigenvalue weighted by Gasteiger charge is -2.34. The lowest BCUT2D eigenvalue weighted by atomic mass is 9.77. The molecule has 2 fully saturated rings. The molecule has 2 aliphatic rings. The van der Waals surface area contributed by atoms with Crippen molar-refractivity contribution < 1.29 is 14.3 Å². The normalized spacial score (nSPS) is 35.1. The fourth-order valence-corrected chi connectivity index (χ4v) is 2.45. The van der Waals surface area contributed by atoms with Crippen LogP contribution in [0.1, 0.15) is 32.6 Å². The van der Waals surface area contributed by atoms with Crippen molar-refractivity contribution >= 4 is 5.78 Å². The molecule has 1 unspecified atom stereocenters. The van der Waals surface area contributed by atoms with E-state index in [-0.39, 0.29) is 5.92 Å². The smallest absolute Gasteiger partial charge is 0.138 e. The van der Waals surface area contributed by atoms with Crippen molar-refractivity contribution in [1.82, 2.24) is 0 Å². The van der Waals surface area contributed by atoms with Crippen molar-refractivity contribution in [2.24, 2.45) is 11.8 Å². The zero-order chi connectivity index (χ0) is 10.7. The van der Waals surface area contributed by atoms with Crippen LogP contribution in [0.15, 0.2) is 0 Å². The number of carbonyl (C=O) groups excluding carboxylic acids is 1. The van der Waals surface area contributed by atoms with Crippen LogP contribution in [0.2, 0.25) is 0 Å². The number of Topliss-reactive ketones (excluding diaryl/α,β-unsaturated/α-hetero) is 1. The van der Waals surface area contributed by atoms with Gasteiger partial charge in [-0.25, -0.2) is 0 Å². The van der Waals surface area contributed by atoms with Crippen LogP contribution in [-0.4, -0.2) is 31.7 Å². The second-order valence-electron chi connectivity index (χ2n) is 4.65. The van der Waals surface area contributed by atoms with Gasteiger partial charge in [0.25, 0.3) is 0 Å². The molecule has 0 spiro atoms. The third-order valence-corrected chi connectivity index (χ3v) is 3.47. The van der Waals surface area contributed by atoms with Crippen molar-refractivity contribution in [3.05, 3.63) is 0 Å². The number of ketones is 1. The molecule has 0 amide bonds. The molecule has 0 aromatic carbocycles. The summed E-state index contributed by atoms with van der Waals surface area (Å²) in [6.45, 7) is 4.24. The molecule has 0 N–H and O–H groups in total. The van der Waals surface area contributed by atoms with Crippen LogP contribution in [0, 0.1) is 11.8 Å². The first-order valence-electron chi connectivity index (χ1n) is 6.01. The van der Waals surface area contributed by atoms with Crippen molar-refractivity contribution in [1.29, 1.82) is 0 Å². The summed E-state index contributed by atoms with van der Waals surface area (Å²) in [4.78, 5) is 11.8. The lowest BCUT2D eigenvalue weighted by molar-refractivity contribution is -0.126. The summed E-state index contributed by atoms with van der Waals surface area (Å²) in [6, 6.07) is 0. The van der Waals surface area contributed by atoms with E-state index in [0.29, 0.717) is 24.4 Å². The van der Waals surface area contributed by atoms with Gasteiger partial charge in [-0.3, -0.25) is 4.79 Å². The molecule has 86 valence electrons. The highest BCUT2D eigenvalue weighted by atomic mass is 16.5. The number of rotatable bonds is 5. The fraction of sp³-hybridized carbons (Fsp3) is 0.917. The minimum absolute atomic E-state index is 0.191. The summed E-state index contributed by atoms with van der Waals surface area (Å²) in [5.41, 5.74) is 0. The Morgan fingerprint density at radius 2 is 2.27 bits per heavy atom. The van der Waals surface area contributed by atoms with Crippen LogP contribution in [0.25, 0.3) is 0 Å². The summed E-state index contributed by atoms with van der Waals surface area (Å²) in [6.07, 6.45) is 4.26. The molecule has 1 saturated heterocycles. The third kappa shape index (κ3) is 2.79. The minimum atomic E-state index is 0.191. The first kappa shape index (κ1) is 11.1. The number of carbonyl (C=O) groups is 1. The first-order valence-corrected chi connectivity index (χ1v) is 6.01. The molecule has 3 nitrogen and oxygen atoms in total. The number of ether oxygens (including phenoxy) is 2. The van der Waals surface area contributed by atoms with E-state index in [1.165, 1.54) is 0 Å². The van der Waals surface area contributed by atoms with E-state index in [2.05, 4.69) is 0 Å². The molecule has 3 heteroatoms. The number of hydrogen-bond donors (Lipinski definition) is 0. The molecule has 0 aromatic rings. The summed E-state index contributed by atoms with van der Waals surface area (Å²) in [5, 5.41) is 0. The molecular weight excluding hydrogens is 192 g/mol. The van der Waals surface area contributed by atoms with Gasteiger partial charge in [-0.2, -0.15) is 0 Å². The fourth-order valence-electron chi connectivity index (χ4n) is 2.45. The van der Waals surface area contributed by atoms with E-state index in [4.69, 9.17) is 9.47 Å². The van der Waals surface area contributed by atoms with Crippen LogP contribution >= 0.6 is 0 Å². The largest absolute Gasteiger partial charge is 0.381 e. The van der Waals surface area contributed by atoms with E-state index >= 15 is 0 Å². The van der Waals surface area contributed by atoms with E-state index < -0.39 is 0 Å². The highest BCUT2D eigenvalue weighted by molar-refractivity contribution is 5.81. The molecule has 0 aromatic heterocycles. The molecule has 0 bridgehead atoms. The minimum Gasteiger partial charge on any atom is -0.381 e. The summed E-state index contributed by atoms with van der Waals surface area (Å²) in [7, 11) is 0. The average molecular weight is 212 g/mol. The molecule has 0 radical (unpaired) electrons. The van der Waals surface area contributed by atoms with E-state index in [1.807, 2.05) is 6.92 Å². The van der Waals surface area contributed by atoms with Crippen molar-refractivity contribution in [2.45, 2.75) is 38.7 Å². The Morgan fingerprint density at radius 1 is 1.47 bits per heavy atom. The van der Waals surface area contributed by atoms with E-state index in [1.54, 1.807) is 0 Å². The molecule has 1 aliphatic carbocycles. The molecule has 1 aliphatic heterocycles. The zero-order valence-corrected chi connectivity index (χ0v) is 9.41. The van der Waals surface area contributed by atoms with E-state index in [0.717, 1.165) is 38.9 Å². The summed E-state index contributed by atoms with van der Waals surface area (Å²) >= 11 is 0. The molecule has 1 heterocycles. The number of hydrogen-bond acceptors (Lipinski definition) is 3. The monoisotopic (exact) mass is 212 g/mol. The zero-order valence-electron chi connectivity index (χ0n) is 9.41. The van der Waals surface area contributed by atoms with Gasteiger partial charge >= 0.3 is 0 Å². The van der Waals surface area contributed by atoms with Crippen LogP contribution < -0.4 is 0 Å². The van der Waals surface area contributed by atoms with E-state index in [9.17, 15) is 4.79 Å². The Morgan fingerprint density at radius 3 is 2.87 bits per heavy atom. The average Bonchev–Trinajstić information content (AvgIpc) is 2.67. The Balaban J connectivity index is 1.64. The molecular formula is C12H20O3. The Labute approximate surface area is 91.1 Å². The van der Waals surface area contributed by atoms with Crippen LogP contribution in [-0.2, 0) is 14.3 Å². The standard InChI is InChI=1S/C12H20O3/c1-2-15-11-5-9(6-11)7-12(13)10-3-4-14-8-10/h9-11H,2-8H2,1H3. The van der Waals surface area contributed by atoms with Gasteiger partial charge in [0.15, 0.2) is 0 Å². The molecule has 1 saturated carbocycles. The van der Waals surface area contributed by atoms with Gasteiger partial charge in [0.1, 0.15) is 5.78 Å². The third-order valence-electron chi connectivity index (χ3n) is 3.47. The molecule has 1 atom stereocenters. The van der Waals surface area contributed by atoms with Crippen molar-refractivity contribution in [3.8, 4) is 0 Å². The van der Waals surface area contributed by atoms with Gasteiger partial charge in [-0.15, -0.1) is 0 Å². The first-order chi connectivity index (χ1) is 7.29.